The van der Waals surface area contributed by atoms with Gasteiger partial charge in [0, 0.05) is 42.0 Å². The SMILES string of the molecule is CCCN(CCC)C(=O)c1ccc(NC(=O)c2ccc([N+](=O)[O-])cc2)cc1. The zero-order chi connectivity index (χ0) is 19.8. The minimum absolute atomic E-state index is 0.0213. The van der Waals surface area contributed by atoms with Crippen LogP contribution in [0.4, 0.5) is 11.4 Å². The summed E-state index contributed by atoms with van der Waals surface area (Å²) in [6.07, 6.45) is 1.80. The number of nitrogens with zero attached hydrogens (tertiary/aromatic N) is 2. The van der Waals surface area contributed by atoms with Gasteiger partial charge in [-0.15, -0.1) is 0 Å². The molecule has 0 atom stereocenters. The first-order valence-corrected chi connectivity index (χ1v) is 8.91. The van der Waals surface area contributed by atoms with E-state index in [2.05, 4.69) is 5.32 Å². The fourth-order valence-corrected chi connectivity index (χ4v) is 2.67. The van der Waals surface area contributed by atoms with Gasteiger partial charge in [0.05, 0.1) is 4.92 Å². The Labute approximate surface area is 158 Å². The van der Waals surface area contributed by atoms with Crippen molar-refractivity contribution in [2.24, 2.45) is 0 Å². The van der Waals surface area contributed by atoms with Gasteiger partial charge in [-0.2, -0.15) is 0 Å². The lowest BCUT2D eigenvalue weighted by atomic mass is 10.1. The number of carbonyl (C=O) groups is 2. The third-order valence-electron chi connectivity index (χ3n) is 4.00. The van der Waals surface area contributed by atoms with Crippen LogP contribution in [0.1, 0.15) is 47.4 Å². The molecular formula is C20H23N3O4. The average Bonchev–Trinajstić information content (AvgIpc) is 2.68. The molecule has 2 rings (SSSR count). The van der Waals surface area contributed by atoms with Gasteiger partial charge >= 0.3 is 0 Å². The molecule has 1 N–H and O–H groups in total. The van der Waals surface area contributed by atoms with Crippen LogP contribution in [-0.4, -0.2) is 34.7 Å². The normalized spacial score (nSPS) is 10.3. The van der Waals surface area contributed by atoms with E-state index in [9.17, 15) is 19.7 Å². The van der Waals surface area contributed by atoms with Crippen LogP contribution >= 0.6 is 0 Å². The van der Waals surface area contributed by atoms with E-state index in [1.807, 2.05) is 18.7 Å². The minimum Gasteiger partial charge on any atom is -0.339 e. The first-order valence-electron chi connectivity index (χ1n) is 8.91. The van der Waals surface area contributed by atoms with E-state index in [0.29, 0.717) is 29.9 Å². The van der Waals surface area contributed by atoms with E-state index in [0.717, 1.165) is 12.8 Å². The number of carbonyl (C=O) groups excluding carboxylic acids is 2. The number of anilines is 1. The van der Waals surface area contributed by atoms with Gasteiger partial charge in [-0.3, -0.25) is 19.7 Å². The number of hydrogen-bond donors (Lipinski definition) is 1. The van der Waals surface area contributed by atoms with Crippen molar-refractivity contribution in [3.05, 3.63) is 69.8 Å². The molecule has 0 heterocycles. The molecule has 7 heteroatoms. The zero-order valence-electron chi connectivity index (χ0n) is 15.5. The van der Waals surface area contributed by atoms with Crippen LogP contribution in [0.3, 0.4) is 0 Å². The van der Waals surface area contributed by atoms with Gasteiger partial charge in [0.1, 0.15) is 0 Å². The standard InChI is InChI=1S/C20H23N3O4/c1-3-13-22(14-4-2)20(25)16-5-9-17(10-6-16)21-19(24)15-7-11-18(12-8-15)23(26)27/h5-12H,3-4,13-14H2,1-2H3,(H,21,24). The molecule has 0 bridgehead atoms. The summed E-state index contributed by atoms with van der Waals surface area (Å²) < 4.78 is 0. The fraction of sp³-hybridized carbons (Fsp3) is 0.300. The molecule has 2 amide bonds. The molecule has 0 fully saturated rings. The highest BCUT2D eigenvalue weighted by atomic mass is 16.6. The summed E-state index contributed by atoms with van der Waals surface area (Å²) in [6, 6.07) is 12.1. The molecule has 0 aliphatic rings. The van der Waals surface area contributed by atoms with Gasteiger partial charge in [0.2, 0.25) is 0 Å². The summed E-state index contributed by atoms with van der Waals surface area (Å²) in [6.45, 7) is 5.50. The topological polar surface area (TPSA) is 92.6 Å². The largest absolute Gasteiger partial charge is 0.339 e. The smallest absolute Gasteiger partial charge is 0.269 e. The molecule has 0 aromatic heterocycles. The molecule has 0 radical (unpaired) electrons. The summed E-state index contributed by atoms with van der Waals surface area (Å²) >= 11 is 0. The number of rotatable bonds is 8. The van der Waals surface area contributed by atoms with Crippen LogP contribution < -0.4 is 5.32 Å². The van der Waals surface area contributed by atoms with Crippen LogP contribution in [0.15, 0.2) is 48.5 Å². The molecule has 0 aliphatic carbocycles. The Balaban J connectivity index is 2.05. The third kappa shape index (κ3) is 5.37. The molecule has 0 saturated heterocycles. The number of benzene rings is 2. The third-order valence-corrected chi connectivity index (χ3v) is 4.00. The number of non-ortho nitro benzene ring substituents is 1. The lowest BCUT2D eigenvalue weighted by Gasteiger charge is -2.21. The Kier molecular flexibility index (Phi) is 7.05. The first kappa shape index (κ1) is 20.1. The number of amides is 2. The Hall–Kier alpha value is -3.22. The predicted octanol–water partition coefficient (Wildman–Crippen LogP) is 4.11. The lowest BCUT2D eigenvalue weighted by molar-refractivity contribution is -0.384. The maximum atomic E-state index is 12.6. The summed E-state index contributed by atoms with van der Waals surface area (Å²) in [5, 5.41) is 13.4. The highest BCUT2D eigenvalue weighted by molar-refractivity contribution is 6.04. The zero-order valence-corrected chi connectivity index (χ0v) is 15.5. The predicted molar refractivity (Wildman–Crippen MR) is 104 cm³/mol. The average molecular weight is 369 g/mol. The number of nitrogens with one attached hydrogen (secondary N) is 1. The Morgan fingerprint density at radius 2 is 1.44 bits per heavy atom. The molecule has 27 heavy (non-hydrogen) atoms. The van der Waals surface area contributed by atoms with Gasteiger partial charge in [0.25, 0.3) is 17.5 Å². The van der Waals surface area contributed by atoms with Crippen molar-refractivity contribution in [2.75, 3.05) is 18.4 Å². The highest BCUT2D eigenvalue weighted by Gasteiger charge is 2.14. The van der Waals surface area contributed by atoms with E-state index in [1.165, 1.54) is 24.3 Å². The van der Waals surface area contributed by atoms with Crippen LogP contribution in [0.25, 0.3) is 0 Å². The van der Waals surface area contributed by atoms with Gasteiger partial charge in [-0.1, -0.05) is 13.8 Å². The van der Waals surface area contributed by atoms with E-state index in [1.54, 1.807) is 24.3 Å². The van der Waals surface area contributed by atoms with Crippen molar-refractivity contribution in [1.82, 2.24) is 4.90 Å². The molecule has 0 saturated carbocycles. The summed E-state index contributed by atoms with van der Waals surface area (Å²) in [5.74, 6) is -0.394. The monoisotopic (exact) mass is 369 g/mol. The van der Waals surface area contributed by atoms with E-state index in [-0.39, 0.29) is 17.5 Å². The van der Waals surface area contributed by atoms with Gasteiger partial charge in [-0.05, 0) is 49.2 Å². The Morgan fingerprint density at radius 1 is 0.926 bits per heavy atom. The van der Waals surface area contributed by atoms with Crippen molar-refractivity contribution in [3.63, 3.8) is 0 Å². The van der Waals surface area contributed by atoms with Crippen LogP contribution in [0.5, 0.6) is 0 Å². The van der Waals surface area contributed by atoms with Crippen LogP contribution in [-0.2, 0) is 0 Å². The van der Waals surface area contributed by atoms with Crippen molar-refractivity contribution >= 4 is 23.2 Å². The quantitative estimate of drug-likeness (QED) is 0.560. The van der Waals surface area contributed by atoms with E-state index >= 15 is 0 Å². The molecule has 2 aromatic rings. The van der Waals surface area contributed by atoms with Crippen molar-refractivity contribution in [1.29, 1.82) is 0 Å². The second-order valence-corrected chi connectivity index (χ2v) is 6.13. The lowest BCUT2D eigenvalue weighted by Crippen LogP contribution is -2.32. The van der Waals surface area contributed by atoms with E-state index < -0.39 is 4.92 Å². The maximum absolute atomic E-state index is 12.6. The summed E-state index contributed by atoms with van der Waals surface area (Å²) in [5.41, 5.74) is 1.37. The molecule has 2 aromatic carbocycles. The number of nitro groups is 1. The molecular weight excluding hydrogens is 346 g/mol. The Bertz CT molecular complexity index is 795. The number of hydrogen-bond acceptors (Lipinski definition) is 4. The molecule has 0 spiro atoms. The highest BCUT2D eigenvalue weighted by Crippen LogP contribution is 2.16. The summed E-state index contributed by atoms with van der Waals surface area (Å²) in [7, 11) is 0. The fourth-order valence-electron chi connectivity index (χ4n) is 2.67. The van der Waals surface area contributed by atoms with Crippen LogP contribution in [0, 0.1) is 10.1 Å². The van der Waals surface area contributed by atoms with Crippen molar-refractivity contribution in [2.45, 2.75) is 26.7 Å². The molecule has 0 aliphatic heterocycles. The summed E-state index contributed by atoms with van der Waals surface area (Å²) in [4.78, 5) is 36.8. The van der Waals surface area contributed by atoms with Gasteiger partial charge in [-0.25, -0.2) is 0 Å². The second-order valence-electron chi connectivity index (χ2n) is 6.13. The van der Waals surface area contributed by atoms with Gasteiger partial charge < -0.3 is 10.2 Å². The maximum Gasteiger partial charge on any atom is 0.269 e. The van der Waals surface area contributed by atoms with E-state index in [4.69, 9.17) is 0 Å². The molecule has 142 valence electrons. The number of nitro benzene ring substituents is 1. The second kappa shape index (κ2) is 9.47. The Morgan fingerprint density at radius 3 is 1.93 bits per heavy atom. The van der Waals surface area contributed by atoms with Crippen molar-refractivity contribution < 1.29 is 14.5 Å². The van der Waals surface area contributed by atoms with Crippen LogP contribution in [0.2, 0.25) is 0 Å². The minimum atomic E-state index is -0.516. The van der Waals surface area contributed by atoms with Crippen molar-refractivity contribution in [3.8, 4) is 0 Å². The van der Waals surface area contributed by atoms with Gasteiger partial charge in [0.15, 0.2) is 0 Å². The molecule has 7 nitrogen and oxygen atoms in total. The molecule has 0 unspecified atom stereocenters. The first-order chi connectivity index (χ1) is 13.0.